The van der Waals surface area contributed by atoms with Crippen LogP contribution in [0.2, 0.25) is 0 Å². The molecule has 0 unspecified atom stereocenters. The summed E-state index contributed by atoms with van der Waals surface area (Å²) in [6.45, 7) is 3.54. The summed E-state index contributed by atoms with van der Waals surface area (Å²) in [6, 6.07) is 9.10. The zero-order valence-corrected chi connectivity index (χ0v) is 15.5. The summed E-state index contributed by atoms with van der Waals surface area (Å²) in [7, 11) is -2.26. The lowest BCUT2D eigenvalue weighted by Crippen LogP contribution is -2.21. The maximum absolute atomic E-state index is 12.6. The Morgan fingerprint density at radius 1 is 1.04 bits per heavy atom. The molecule has 5 nitrogen and oxygen atoms in total. The van der Waals surface area contributed by atoms with Crippen LogP contribution >= 0.6 is 0 Å². The van der Waals surface area contributed by atoms with Crippen LogP contribution in [-0.4, -0.2) is 21.4 Å². The van der Waals surface area contributed by atoms with Crippen molar-refractivity contribution >= 4 is 21.6 Å². The first-order chi connectivity index (χ1) is 11.8. The summed E-state index contributed by atoms with van der Waals surface area (Å²) in [4.78, 5) is 12.8. The third-order valence-electron chi connectivity index (χ3n) is 4.80. The monoisotopic (exact) mass is 358 g/mol. The van der Waals surface area contributed by atoms with Gasteiger partial charge in [0, 0.05) is 11.3 Å². The highest BCUT2D eigenvalue weighted by molar-refractivity contribution is 7.89. The molecule has 0 heterocycles. The van der Waals surface area contributed by atoms with E-state index in [1.807, 2.05) is 12.1 Å². The van der Waals surface area contributed by atoms with Gasteiger partial charge in [0.05, 0.1) is 4.90 Å². The van der Waals surface area contributed by atoms with E-state index in [0.717, 1.165) is 30.5 Å². The van der Waals surface area contributed by atoms with Crippen molar-refractivity contribution in [2.24, 2.45) is 0 Å². The molecule has 2 aromatic carbocycles. The van der Waals surface area contributed by atoms with E-state index in [-0.39, 0.29) is 10.8 Å². The Morgan fingerprint density at radius 3 is 2.48 bits per heavy atom. The van der Waals surface area contributed by atoms with Crippen LogP contribution in [0.15, 0.2) is 35.2 Å². The second kappa shape index (κ2) is 6.61. The molecule has 1 aliphatic rings. The summed E-state index contributed by atoms with van der Waals surface area (Å²) >= 11 is 0. The molecule has 0 saturated carbocycles. The lowest BCUT2D eigenvalue weighted by Gasteiger charge is -2.13. The minimum Gasteiger partial charge on any atom is -0.322 e. The van der Waals surface area contributed by atoms with Crippen LogP contribution in [0.5, 0.6) is 0 Å². The smallest absolute Gasteiger partial charge is 0.255 e. The second-order valence-electron chi connectivity index (χ2n) is 6.42. The van der Waals surface area contributed by atoms with Crippen molar-refractivity contribution in [3.63, 3.8) is 0 Å². The molecule has 1 aliphatic carbocycles. The number of anilines is 1. The van der Waals surface area contributed by atoms with E-state index < -0.39 is 10.0 Å². The predicted molar refractivity (Wildman–Crippen MR) is 98.6 cm³/mol. The van der Waals surface area contributed by atoms with Crippen molar-refractivity contribution in [2.75, 3.05) is 12.4 Å². The number of sulfonamides is 1. The van der Waals surface area contributed by atoms with Crippen LogP contribution in [-0.2, 0) is 22.9 Å². The van der Waals surface area contributed by atoms with E-state index in [9.17, 15) is 13.2 Å². The molecule has 0 bridgehead atoms. The molecule has 132 valence electrons. The molecule has 0 fully saturated rings. The topological polar surface area (TPSA) is 75.3 Å². The summed E-state index contributed by atoms with van der Waals surface area (Å²) in [5, 5.41) is 2.88. The third kappa shape index (κ3) is 3.45. The predicted octanol–water partition coefficient (Wildman–Crippen LogP) is 2.95. The molecule has 1 amide bonds. The zero-order valence-electron chi connectivity index (χ0n) is 14.6. The number of hydrogen-bond donors (Lipinski definition) is 2. The molecular weight excluding hydrogens is 336 g/mol. The van der Waals surface area contributed by atoms with Crippen molar-refractivity contribution in [3.8, 4) is 0 Å². The molecule has 0 radical (unpaired) electrons. The largest absolute Gasteiger partial charge is 0.322 e. The van der Waals surface area contributed by atoms with E-state index in [2.05, 4.69) is 16.1 Å². The third-order valence-corrected chi connectivity index (χ3v) is 6.34. The van der Waals surface area contributed by atoms with Crippen molar-refractivity contribution < 1.29 is 13.2 Å². The van der Waals surface area contributed by atoms with Gasteiger partial charge < -0.3 is 5.32 Å². The fourth-order valence-electron chi connectivity index (χ4n) is 3.20. The van der Waals surface area contributed by atoms with Gasteiger partial charge in [0.1, 0.15) is 0 Å². The molecule has 0 aromatic heterocycles. The lowest BCUT2D eigenvalue weighted by atomic mass is 10.1. The fraction of sp³-hybridized carbons (Fsp3) is 0.316. The highest BCUT2D eigenvalue weighted by Crippen LogP contribution is 2.26. The quantitative estimate of drug-likeness (QED) is 0.882. The Kier molecular flexibility index (Phi) is 4.67. The minimum atomic E-state index is -3.62. The number of nitrogens with one attached hydrogen (secondary N) is 2. The summed E-state index contributed by atoms with van der Waals surface area (Å²) < 4.78 is 26.7. The highest BCUT2D eigenvalue weighted by Gasteiger charge is 2.20. The Balaban J connectivity index is 1.92. The number of benzene rings is 2. The van der Waals surface area contributed by atoms with E-state index in [0.29, 0.717) is 11.1 Å². The standard InChI is InChI=1S/C19H22N2O3S/c1-12-9-16(11-18(13(12)2)25(23,24)20-3)19(22)21-17-8-7-14-5-4-6-15(14)10-17/h7-11,20H,4-6H2,1-3H3,(H,21,22). The number of hydrogen-bond acceptors (Lipinski definition) is 3. The van der Waals surface area contributed by atoms with E-state index in [1.54, 1.807) is 19.9 Å². The number of aryl methyl sites for hydroxylation is 3. The maximum atomic E-state index is 12.6. The molecule has 6 heteroatoms. The van der Waals surface area contributed by atoms with Gasteiger partial charge in [-0.1, -0.05) is 6.07 Å². The van der Waals surface area contributed by atoms with Crippen LogP contribution in [0.1, 0.15) is 39.0 Å². The van der Waals surface area contributed by atoms with Gasteiger partial charge in [-0.05, 0) is 86.7 Å². The first kappa shape index (κ1) is 17.6. The molecule has 2 aromatic rings. The Hall–Kier alpha value is -2.18. The van der Waals surface area contributed by atoms with Gasteiger partial charge in [-0.3, -0.25) is 4.79 Å². The second-order valence-corrected chi connectivity index (χ2v) is 8.27. The summed E-state index contributed by atoms with van der Waals surface area (Å²) in [6.07, 6.45) is 3.27. The van der Waals surface area contributed by atoms with Gasteiger partial charge in [-0.25, -0.2) is 13.1 Å². The SMILES string of the molecule is CNS(=O)(=O)c1cc(C(=O)Nc2ccc3c(c2)CCC3)cc(C)c1C. The number of amides is 1. The Labute approximate surface area is 148 Å². The molecule has 25 heavy (non-hydrogen) atoms. The van der Waals surface area contributed by atoms with Crippen LogP contribution in [0.4, 0.5) is 5.69 Å². The molecular formula is C19H22N2O3S. The van der Waals surface area contributed by atoms with Gasteiger partial charge >= 0.3 is 0 Å². The zero-order chi connectivity index (χ0) is 18.2. The average molecular weight is 358 g/mol. The molecule has 0 aliphatic heterocycles. The van der Waals surface area contributed by atoms with Gasteiger partial charge in [-0.15, -0.1) is 0 Å². The normalized spacial score (nSPS) is 13.6. The molecule has 2 N–H and O–H groups in total. The number of fused-ring (bicyclic) bond motifs is 1. The molecule has 0 spiro atoms. The van der Waals surface area contributed by atoms with E-state index in [4.69, 9.17) is 0 Å². The Morgan fingerprint density at radius 2 is 1.76 bits per heavy atom. The molecule has 0 saturated heterocycles. The lowest BCUT2D eigenvalue weighted by molar-refractivity contribution is 0.102. The first-order valence-corrected chi connectivity index (χ1v) is 9.78. The van der Waals surface area contributed by atoms with Crippen LogP contribution in [0.25, 0.3) is 0 Å². The number of rotatable bonds is 4. The van der Waals surface area contributed by atoms with Crippen molar-refractivity contribution in [2.45, 2.75) is 38.0 Å². The van der Waals surface area contributed by atoms with Crippen LogP contribution in [0.3, 0.4) is 0 Å². The average Bonchev–Trinajstić information content (AvgIpc) is 3.04. The van der Waals surface area contributed by atoms with Gasteiger partial charge in [-0.2, -0.15) is 0 Å². The minimum absolute atomic E-state index is 0.133. The van der Waals surface area contributed by atoms with Crippen molar-refractivity contribution in [3.05, 3.63) is 58.1 Å². The Bertz CT molecular complexity index is 949. The van der Waals surface area contributed by atoms with Crippen LogP contribution in [0, 0.1) is 13.8 Å². The number of carbonyl (C=O) groups is 1. The van der Waals surface area contributed by atoms with E-state index >= 15 is 0 Å². The fourth-order valence-corrected chi connectivity index (χ4v) is 4.27. The van der Waals surface area contributed by atoms with Crippen LogP contribution < -0.4 is 10.0 Å². The van der Waals surface area contributed by atoms with Crippen molar-refractivity contribution in [1.29, 1.82) is 0 Å². The first-order valence-electron chi connectivity index (χ1n) is 8.30. The summed E-state index contributed by atoms with van der Waals surface area (Å²) in [5.41, 5.74) is 5.08. The summed E-state index contributed by atoms with van der Waals surface area (Å²) in [5.74, 6) is -0.311. The van der Waals surface area contributed by atoms with Gasteiger partial charge in [0.25, 0.3) is 5.91 Å². The molecule has 0 atom stereocenters. The molecule has 3 rings (SSSR count). The number of carbonyl (C=O) groups excluding carboxylic acids is 1. The maximum Gasteiger partial charge on any atom is 0.255 e. The van der Waals surface area contributed by atoms with Gasteiger partial charge in [0.15, 0.2) is 0 Å². The van der Waals surface area contributed by atoms with Crippen molar-refractivity contribution in [1.82, 2.24) is 4.72 Å². The van der Waals surface area contributed by atoms with Gasteiger partial charge in [0.2, 0.25) is 10.0 Å². The highest BCUT2D eigenvalue weighted by atomic mass is 32.2. The van der Waals surface area contributed by atoms with E-state index in [1.165, 1.54) is 24.2 Å².